The zero-order valence-corrected chi connectivity index (χ0v) is 28.6. The Morgan fingerprint density at radius 2 is 1.54 bits per heavy atom. The minimum Gasteiger partial charge on any atom is -0.354 e. The third kappa shape index (κ3) is 8.90. The summed E-state index contributed by atoms with van der Waals surface area (Å²) in [6.07, 6.45) is 1.87. The third-order valence-electron chi connectivity index (χ3n) is 7.70. The monoisotopic (exact) mass is 679 g/mol. The largest absolute Gasteiger partial charge is 0.354 e. The highest BCUT2D eigenvalue weighted by Gasteiger charge is 2.35. The molecule has 242 valence electrons. The topological polar surface area (TPSA) is 86.8 Å². The number of hydrogen-bond acceptors (Lipinski definition) is 4. The number of benzene rings is 4. The van der Waals surface area contributed by atoms with Crippen LogP contribution in [0, 0.1) is 13.8 Å². The normalized spacial score (nSPS) is 11.9. The van der Waals surface area contributed by atoms with Gasteiger partial charge in [-0.05, 0) is 72.9 Å². The molecule has 0 saturated carbocycles. The first kappa shape index (κ1) is 35.0. The van der Waals surface area contributed by atoms with E-state index in [0.29, 0.717) is 33.4 Å². The molecule has 2 amide bonds. The zero-order chi connectivity index (χ0) is 33.3. The second-order valence-electron chi connectivity index (χ2n) is 11.2. The summed E-state index contributed by atoms with van der Waals surface area (Å²) in [5.74, 6) is -0.891. The van der Waals surface area contributed by atoms with Gasteiger partial charge in [0.1, 0.15) is 12.6 Å². The van der Waals surface area contributed by atoms with Gasteiger partial charge in [-0.25, -0.2) is 8.42 Å². The molecule has 0 aliphatic carbocycles. The van der Waals surface area contributed by atoms with Crippen LogP contribution in [0.3, 0.4) is 0 Å². The van der Waals surface area contributed by atoms with Gasteiger partial charge in [0.2, 0.25) is 11.8 Å². The van der Waals surface area contributed by atoms with Gasteiger partial charge >= 0.3 is 0 Å². The Bertz CT molecular complexity index is 1750. The summed E-state index contributed by atoms with van der Waals surface area (Å²) in [7, 11) is -4.19. The number of nitrogens with one attached hydrogen (secondary N) is 1. The molecule has 0 unspecified atom stereocenters. The van der Waals surface area contributed by atoms with E-state index in [2.05, 4.69) is 5.32 Å². The van der Waals surface area contributed by atoms with E-state index >= 15 is 0 Å². The molecule has 0 aromatic heterocycles. The maximum atomic E-state index is 14.6. The lowest BCUT2D eigenvalue weighted by Gasteiger charge is -2.34. The van der Waals surface area contributed by atoms with Gasteiger partial charge in [0.25, 0.3) is 10.0 Å². The number of rotatable bonds is 14. The van der Waals surface area contributed by atoms with Crippen LogP contribution >= 0.6 is 23.2 Å². The third-order valence-corrected chi connectivity index (χ3v) is 10.1. The van der Waals surface area contributed by atoms with E-state index in [1.54, 1.807) is 49.4 Å². The van der Waals surface area contributed by atoms with E-state index in [4.69, 9.17) is 23.2 Å². The maximum Gasteiger partial charge on any atom is 0.264 e. The fourth-order valence-electron chi connectivity index (χ4n) is 5.11. The maximum absolute atomic E-state index is 14.6. The molecule has 0 radical (unpaired) electrons. The summed E-state index contributed by atoms with van der Waals surface area (Å²) < 4.78 is 29.6. The summed E-state index contributed by atoms with van der Waals surface area (Å²) in [5.41, 5.74) is 3.32. The van der Waals surface area contributed by atoms with Crippen LogP contribution in [0.1, 0.15) is 42.0 Å². The Morgan fingerprint density at radius 1 is 0.870 bits per heavy atom. The Labute approximate surface area is 282 Å². The smallest absolute Gasteiger partial charge is 0.264 e. The first-order valence-electron chi connectivity index (χ1n) is 15.2. The van der Waals surface area contributed by atoms with Crippen LogP contribution < -0.4 is 9.62 Å². The molecular formula is C36H39Cl2N3O4S. The highest BCUT2D eigenvalue weighted by atomic mass is 35.5. The number of amides is 2. The molecule has 0 spiro atoms. The first-order chi connectivity index (χ1) is 22.0. The lowest BCUT2D eigenvalue weighted by Crippen LogP contribution is -2.53. The number of carbonyl (C=O) groups is 2. The van der Waals surface area contributed by atoms with Gasteiger partial charge in [-0.2, -0.15) is 0 Å². The van der Waals surface area contributed by atoms with Crippen molar-refractivity contribution >= 4 is 50.7 Å². The number of halogens is 2. The van der Waals surface area contributed by atoms with Crippen LogP contribution in [0.5, 0.6) is 0 Å². The minimum atomic E-state index is -4.19. The highest BCUT2D eigenvalue weighted by molar-refractivity contribution is 7.92. The lowest BCUT2D eigenvalue weighted by atomic mass is 10.0. The predicted molar refractivity (Wildman–Crippen MR) is 186 cm³/mol. The number of nitrogens with zero attached hydrogens (tertiary/aromatic N) is 2. The van der Waals surface area contributed by atoms with E-state index in [9.17, 15) is 18.0 Å². The molecule has 10 heteroatoms. The fraction of sp³-hybridized carbons (Fsp3) is 0.278. The number of hydrogen-bond donors (Lipinski definition) is 1. The Kier molecular flexibility index (Phi) is 12.3. The molecular weight excluding hydrogens is 641 g/mol. The van der Waals surface area contributed by atoms with Crippen molar-refractivity contribution in [2.45, 2.75) is 57.5 Å². The molecule has 4 rings (SSSR count). The quantitative estimate of drug-likeness (QED) is 0.141. The predicted octanol–water partition coefficient (Wildman–Crippen LogP) is 7.36. The summed E-state index contributed by atoms with van der Waals surface area (Å²) >= 11 is 12.8. The molecule has 0 aliphatic rings. The summed E-state index contributed by atoms with van der Waals surface area (Å²) in [5, 5.41) is 3.75. The Morgan fingerprint density at radius 3 is 2.20 bits per heavy atom. The lowest BCUT2D eigenvalue weighted by molar-refractivity contribution is -0.140. The summed E-state index contributed by atoms with van der Waals surface area (Å²) in [4.78, 5) is 30.0. The minimum absolute atomic E-state index is 0.0421. The standard InChI is InChI=1S/C36H39Cl2N3O4S/c1-4-5-20-39-36(43)34(22-28-12-8-6-9-13-28)40(24-29-18-19-30(37)23-32(29)38)35(42)25-41(33-21-26(2)16-17-27(33)3)46(44,45)31-14-10-7-11-15-31/h6-19,21,23,34H,4-5,20,22,24-25H2,1-3H3,(H,39,43)/t34-/m1/s1. The van der Waals surface area contributed by atoms with Gasteiger partial charge in [-0.3, -0.25) is 13.9 Å². The van der Waals surface area contributed by atoms with Gasteiger partial charge in [0.05, 0.1) is 10.6 Å². The molecule has 4 aromatic rings. The summed E-state index contributed by atoms with van der Waals surface area (Å²) in [6, 6.07) is 26.9. The van der Waals surface area contributed by atoms with Crippen molar-refractivity contribution in [3.63, 3.8) is 0 Å². The molecule has 0 saturated heterocycles. The fourth-order valence-corrected chi connectivity index (χ4v) is 7.07. The second-order valence-corrected chi connectivity index (χ2v) is 13.9. The molecule has 1 atom stereocenters. The highest BCUT2D eigenvalue weighted by Crippen LogP contribution is 2.29. The summed E-state index contributed by atoms with van der Waals surface area (Å²) in [6.45, 7) is 5.56. The van der Waals surface area contributed by atoms with E-state index in [1.807, 2.05) is 56.3 Å². The van der Waals surface area contributed by atoms with Crippen LogP contribution in [-0.2, 0) is 32.6 Å². The average Bonchev–Trinajstić information content (AvgIpc) is 3.04. The number of unbranched alkanes of at least 4 members (excludes halogenated alkanes) is 1. The van der Waals surface area contributed by atoms with Gasteiger partial charge in [0.15, 0.2) is 0 Å². The number of anilines is 1. The SMILES string of the molecule is CCCCNC(=O)[C@@H](Cc1ccccc1)N(Cc1ccc(Cl)cc1Cl)C(=O)CN(c1cc(C)ccc1C)S(=O)(=O)c1ccccc1. The average molecular weight is 681 g/mol. The Balaban J connectivity index is 1.83. The van der Waals surface area contributed by atoms with Crippen LogP contribution in [0.4, 0.5) is 5.69 Å². The van der Waals surface area contributed by atoms with Crippen molar-refractivity contribution in [1.82, 2.24) is 10.2 Å². The zero-order valence-electron chi connectivity index (χ0n) is 26.2. The molecule has 0 heterocycles. The van der Waals surface area contributed by atoms with Crippen molar-refractivity contribution in [2.75, 3.05) is 17.4 Å². The molecule has 1 N–H and O–H groups in total. The van der Waals surface area contributed by atoms with Crippen molar-refractivity contribution < 1.29 is 18.0 Å². The first-order valence-corrected chi connectivity index (χ1v) is 17.4. The molecule has 0 aliphatic heterocycles. The molecule has 46 heavy (non-hydrogen) atoms. The van der Waals surface area contributed by atoms with Crippen LogP contribution in [0.2, 0.25) is 10.0 Å². The van der Waals surface area contributed by atoms with Gasteiger partial charge in [0, 0.05) is 29.6 Å². The number of sulfonamides is 1. The molecule has 0 bridgehead atoms. The van der Waals surface area contributed by atoms with E-state index in [1.165, 1.54) is 17.0 Å². The molecule has 7 nitrogen and oxygen atoms in total. The van der Waals surface area contributed by atoms with E-state index in [-0.39, 0.29) is 23.8 Å². The van der Waals surface area contributed by atoms with Crippen LogP contribution in [-0.4, -0.2) is 44.3 Å². The van der Waals surface area contributed by atoms with Gasteiger partial charge < -0.3 is 10.2 Å². The van der Waals surface area contributed by atoms with Gasteiger partial charge in [-0.1, -0.05) is 103 Å². The van der Waals surface area contributed by atoms with Gasteiger partial charge in [-0.15, -0.1) is 0 Å². The second kappa shape index (κ2) is 16.1. The molecule has 4 aromatic carbocycles. The van der Waals surface area contributed by atoms with Crippen molar-refractivity contribution in [3.8, 4) is 0 Å². The van der Waals surface area contributed by atoms with Crippen molar-refractivity contribution in [2.24, 2.45) is 0 Å². The van der Waals surface area contributed by atoms with E-state index < -0.39 is 28.5 Å². The Hall–Kier alpha value is -3.85. The number of aryl methyl sites for hydroxylation is 2. The van der Waals surface area contributed by atoms with Crippen molar-refractivity contribution in [3.05, 3.63) is 129 Å². The number of carbonyl (C=O) groups excluding carboxylic acids is 2. The molecule has 0 fully saturated rings. The van der Waals surface area contributed by atoms with E-state index in [0.717, 1.165) is 28.3 Å². The van der Waals surface area contributed by atoms with Crippen molar-refractivity contribution in [1.29, 1.82) is 0 Å². The van der Waals surface area contributed by atoms with Crippen LogP contribution in [0.25, 0.3) is 0 Å². The van der Waals surface area contributed by atoms with Crippen LogP contribution in [0.15, 0.2) is 102 Å².